The smallest absolute Gasteiger partial charge is 0.314 e. The molecular weight excluding hydrogens is 381 g/mol. The predicted octanol–water partition coefficient (Wildman–Crippen LogP) is 3.61. The Morgan fingerprint density at radius 1 is 1.21 bits per heavy atom. The van der Waals surface area contributed by atoms with E-state index in [1.54, 1.807) is 30.3 Å². The summed E-state index contributed by atoms with van der Waals surface area (Å²) in [6.45, 7) is 0. The monoisotopic (exact) mass is 397 g/mol. The standard InChI is InChI=1S/C20H16FN3O3S/c21-15-5-3-6-16(10-15)24-18(25)12-28-20(24)23-22-11-14-4-1-2-7-17(14)27-19(26)13-8-9-13/h1-7,10-11,13H,8-9,12H2. The number of anilines is 1. The molecule has 0 aromatic heterocycles. The molecule has 1 amide bonds. The van der Waals surface area contributed by atoms with E-state index < -0.39 is 5.82 Å². The minimum atomic E-state index is -0.434. The van der Waals surface area contributed by atoms with Crippen LogP contribution in [0.25, 0.3) is 0 Å². The third kappa shape index (κ3) is 4.12. The Balaban J connectivity index is 1.54. The number of benzene rings is 2. The summed E-state index contributed by atoms with van der Waals surface area (Å²) in [6, 6.07) is 12.8. The van der Waals surface area contributed by atoms with Crippen molar-refractivity contribution >= 4 is 40.7 Å². The van der Waals surface area contributed by atoms with Gasteiger partial charge in [-0.1, -0.05) is 30.0 Å². The number of rotatable bonds is 5. The highest BCUT2D eigenvalue weighted by Gasteiger charge is 2.32. The number of carbonyl (C=O) groups excluding carboxylic acids is 2. The second kappa shape index (κ2) is 7.93. The van der Waals surface area contributed by atoms with Crippen molar-refractivity contribution in [2.75, 3.05) is 10.7 Å². The molecule has 1 heterocycles. The third-order valence-electron chi connectivity index (χ3n) is 4.21. The number of nitrogens with zero attached hydrogens (tertiary/aromatic N) is 3. The van der Waals surface area contributed by atoms with Crippen molar-refractivity contribution in [2.24, 2.45) is 16.1 Å². The molecule has 0 N–H and O–H groups in total. The SMILES string of the molecule is O=C(Oc1ccccc1C=NN=C1SCC(=O)N1c1cccc(F)c1)C1CC1. The molecule has 2 aromatic rings. The van der Waals surface area contributed by atoms with Gasteiger partial charge in [-0.3, -0.25) is 14.5 Å². The summed E-state index contributed by atoms with van der Waals surface area (Å²) in [6.07, 6.45) is 3.20. The molecule has 0 bridgehead atoms. The van der Waals surface area contributed by atoms with E-state index in [0.29, 0.717) is 22.2 Å². The van der Waals surface area contributed by atoms with E-state index in [1.807, 2.05) is 0 Å². The highest BCUT2D eigenvalue weighted by Crippen LogP contribution is 2.31. The Morgan fingerprint density at radius 2 is 2.04 bits per heavy atom. The van der Waals surface area contributed by atoms with Crippen LogP contribution in [-0.2, 0) is 9.59 Å². The van der Waals surface area contributed by atoms with Gasteiger partial charge < -0.3 is 4.74 Å². The molecule has 8 heteroatoms. The first-order valence-electron chi connectivity index (χ1n) is 8.75. The van der Waals surface area contributed by atoms with Gasteiger partial charge in [0.25, 0.3) is 0 Å². The van der Waals surface area contributed by atoms with Crippen molar-refractivity contribution in [2.45, 2.75) is 12.8 Å². The largest absolute Gasteiger partial charge is 0.426 e. The van der Waals surface area contributed by atoms with Crippen LogP contribution >= 0.6 is 11.8 Å². The number of hydrogen-bond acceptors (Lipinski definition) is 6. The zero-order valence-corrected chi connectivity index (χ0v) is 15.6. The van der Waals surface area contributed by atoms with Gasteiger partial charge in [-0.05, 0) is 43.2 Å². The van der Waals surface area contributed by atoms with E-state index >= 15 is 0 Å². The molecule has 0 unspecified atom stereocenters. The maximum absolute atomic E-state index is 13.5. The van der Waals surface area contributed by atoms with Gasteiger partial charge in [0.1, 0.15) is 11.6 Å². The van der Waals surface area contributed by atoms with Crippen LogP contribution < -0.4 is 9.64 Å². The van der Waals surface area contributed by atoms with Gasteiger partial charge in [0, 0.05) is 5.56 Å². The van der Waals surface area contributed by atoms with Crippen molar-refractivity contribution < 1.29 is 18.7 Å². The highest BCUT2D eigenvalue weighted by atomic mass is 32.2. The van der Waals surface area contributed by atoms with Gasteiger partial charge in [-0.15, -0.1) is 5.10 Å². The number of esters is 1. The molecule has 2 aliphatic rings. The Labute approximate surface area is 165 Å². The molecule has 1 saturated carbocycles. The van der Waals surface area contributed by atoms with Crippen LogP contribution in [-0.4, -0.2) is 29.0 Å². The third-order valence-corrected chi connectivity index (χ3v) is 5.13. The van der Waals surface area contributed by atoms with Gasteiger partial charge in [0.05, 0.1) is 23.6 Å². The van der Waals surface area contributed by atoms with E-state index in [0.717, 1.165) is 12.8 Å². The lowest BCUT2D eigenvalue weighted by molar-refractivity contribution is -0.135. The quantitative estimate of drug-likeness (QED) is 0.334. The molecule has 142 valence electrons. The lowest BCUT2D eigenvalue weighted by Crippen LogP contribution is -2.29. The molecule has 28 heavy (non-hydrogen) atoms. The van der Waals surface area contributed by atoms with Crippen molar-refractivity contribution in [3.05, 3.63) is 59.9 Å². The molecule has 2 fully saturated rings. The van der Waals surface area contributed by atoms with Gasteiger partial charge in [0.15, 0.2) is 5.17 Å². The summed E-state index contributed by atoms with van der Waals surface area (Å²) in [5, 5.41) is 8.52. The van der Waals surface area contributed by atoms with E-state index in [1.165, 1.54) is 41.1 Å². The summed E-state index contributed by atoms with van der Waals surface area (Å²) in [5.74, 6) is -0.243. The number of amides is 1. The van der Waals surface area contributed by atoms with E-state index in [2.05, 4.69) is 10.2 Å². The average Bonchev–Trinajstić information content (AvgIpc) is 3.47. The summed E-state index contributed by atoms with van der Waals surface area (Å²) >= 11 is 1.23. The number of halogens is 1. The van der Waals surface area contributed by atoms with Crippen LogP contribution in [0, 0.1) is 11.7 Å². The number of carbonyl (C=O) groups is 2. The fourth-order valence-electron chi connectivity index (χ4n) is 2.64. The summed E-state index contributed by atoms with van der Waals surface area (Å²) in [5.41, 5.74) is 1.01. The summed E-state index contributed by atoms with van der Waals surface area (Å²) in [4.78, 5) is 25.4. The average molecular weight is 397 g/mol. The zero-order chi connectivity index (χ0) is 19.5. The first-order chi connectivity index (χ1) is 13.6. The van der Waals surface area contributed by atoms with Gasteiger partial charge in [-0.25, -0.2) is 4.39 Å². The Bertz CT molecular complexity index is 988. The molecule has 1 aliphatic carbocycles. The van der Waals surface area contributed by atoms with Crippen LogP contribution in [0.1, 0.15) is 18.4 Å². The molecule has 2 aromatic carbocycles. The van der Waals surface area contributed by atoms with Crippen LogP contribution in [0.5, 0.6) is 5.75 Å². The topological polar surface area (TPSA) is 71.3 Å². The Morgan fingerprint density at radius 3 is 2.82 bits per heavy atom. The van der Waals surface area contributed by atoms with Crippen LogP contribution in [0.4, 0.5) is 10.1 Å². The van der Waals surface area contributed by atoms with Crippen LogP contribution in [0.2, 0.25) is 0 Å². The number of amidine groups is 1. The fraction of sp³-hybridized carbons (Fsp3) is 0.200. The zero-order valence-electron chi connectivity index (χ0n) is 14.7. The van der Waals surface area contributed by atoms with Crippen molar-refractivity contribution in [1.29, 1.82) is 0 Å². The molecule has 1 saturated heterocycles. The summed E-state index contributed by atoms with van der Waals surface area (Å²) in [7, 11) is 0. The maximum atomic E-state index is 13.5. The summed E-state index contributed by atoms with van der Waals surface area (Å²) < 4.78 is 18.9. The minimum absolute atomic E-state index is 0.00837. The second-order valence-corrected chi connectivity index (χ2v) is 7.30. The Hall–Kier alpha value is -3.00. The van der Waals surface area contributed by atoms with E-state index in [4.69, 9.17) is 4.74 Å². The minimum Gasteiger partial charge on any atom is -0.426 e. The lowest BCUT2D eigenvalue weighted by atomic mass is 10.2. The van der Waals surface area contributed by atoms with Gasteiger partial charge in [-0.2, -0.15) is 5.10 Å². The molecule has 0 radical (unpaired) electrons. The first-order valence-corrected chi connectivity index (χ1v) is 9.73. The maximum Gasteiger partial charge on any atom is 0.314 e. The molecule has 6 nitrogen and oxygen atoms in total. The van der Waals surface area contributed by atoms with E-state index in [-0.39, 0.29) is 23.5 Å². The second-order valence-electron chi connectivity index (χ2n) is 6.36. The first kappa shape index (κ1) is 18.4. The molecule has 0 atom stereocenters. The van der Waals surface area contributed by atoms with Gasteiger partial charge in [0.2, 0.25) is 5.91 Å². The predicted molar refractivity (Wildman–Crippen MR) is 106 cm³/mol. The number of thioether (sulfide) groups is 1. The lowest BCUT2D eigenvalue weighted by Gasteiger charge is -2.14. The highest BCUT2D eigenvalue weighted by molar-refractivity contribution is 8.15. The van der Waals surface area contributed by atoms with E-state index in [9.17, 15) is 14.0 Å². The normalized spacial score (nSPS) is 18.2. The number of para-hydroxylation sites is 1. The fourth-order valence-corrected chi connectivity index (χ4v) is 3.46. The van der Waals surface area contributed by atoms with Gasteiger partial charge >= 0.3 is 5.97 Å². The number of ether oxygens (including phenoxy) is 1. The molecular formula is C20H16FN3O3S. The van der Waals surface area contributed by atoms with Crippen molar-refractivity contribution in [3.8, 4) is 5.75 Å². The van der Waals surface area contributed by atoms with Crippen molar-refractivity contribution in [3.63, 3.8) is 0 Å². The molecule has 1 aliphatic heterocycles. The van der Waals surface area contributed by atoms with Crippen LogP contribution in [0.3, 0.4) is 0 Å². The number of hydrogen-bond donors (Lipinski definition) is 0. The Kier molecular flexibility index (Phi) is 5.21. The molecule has 0 spiro atoms. The molecule has 4 rings (SSSR count). The van der Waals surface area contributed by atoms with Crippen LogP contribution in [0.15, 0.2) is 58.7 Å². The van der Waals surface area contributed by atoms with Crippen molar-refractivity contribution in [1.82, 2.24) is 0 Å².